The first kappa shape index (κ1) is 30.7. The van der Waals surface area contributed by atoms with Crippen LogP contribution in [-0.2, 0) is 10.8 Å². The lowest BCUT2D eigenvalue weighted by molar-refractivity contribution is 0.591. The van der Waals surface area contributed by atoms with Crippen molar-refractivity contribution in [3.8, 4) is 28.6 Å². The van der Waals surface area contributed by atoms with Gasteiger partial charge in [0.1, 0.15) is 0 Å². The molecular weight excluding hydrogens is 595 g/mol. The van der Waals surface area contributed by atoms with Crippen LogP contribution in [0.2, 0.25) is 0 Å². The molecule has 8 rings (SSSR count). The molecule has 0 amide bonds. The summed E-state index contributed by atoms with van der Waals surface area (Å²) in [6.45, 7) is 15.9. The van der Waals surface area contributed by atoms with Gasteiger partial charge >= 0.3 is 0 Å². The Labute approximate surface area is 288 Å². The third-order valence-corrected chi connectivity index (χ3v) is 10.2. The summed E-state index contributed by atoms with van der Waals surface area (Å²) in [5.74, 6) is 0. The number of nitriles is 1. The highest BCUT2D eigenvalue weighted by Gasteiger charge is 2.24. The van der Waals surface area contributed by atoms with Crippen molar-refractivity contribution < 1.29 is 0 Å². The van der Waals surface area contributed by atoms with Gasteiger partial charge in [0.2, 0.25) is 0 Å². The van der Waals surface area contributed by atoms with Gasteiger partial charge in [-0.15, -0.1) is 0 Å². The van der Waals surface area contributed by atoms with Gasteiger partial charge < -0.3 is 9.13 Å². The molecule has 6 aromatic carbocycles. The van der Waals surface area contributed by atoms with Crippen LogP contribution < -0.4 is 0 Å². The second kappa shape index (κ2) is 11.0. The SMILES string of the molecule is Cc1c(-n2c3ccccc3c3cc(C(C)(C)C)ccc32)ccc(-c2cccc(C#N)c2)c1-n1c2ccccc2c2cc(C(C)(C)C)ccc21. The molecule has 0 aliphatic rings. The van der Waals surface area contributed by atoms with Crippen molar-refractivity contribution in [1.29, 1.82) is 5.26 Å². The van der Waals surface area contributed by atoms with Crippen LogP contribution in [0.25, 0.3) is 66.1 Å². The normalized spacial score (nSPS) is 12.4. The Bertz CT molecular complexity index is 2640. The second-order valence-corrected chi connectivity index (χ2v) is 15.5. The Morgan fingerprint density at radius 1 is 0.510 bits per heavy atom. The van der Waals surface area contributed by atoms with Crippen molar-refractivity contribution in [2.45, 2.75) is 59.3 Å². The molecule has 3 nitrogen and oxygen atoms in total. The number of rotatable bonds is 3. The van der Waals surface area contributed by atoms with Crippen molar-refractivity contribution in [1.82, 2.24) is 9.13 Å². The van der Waals surface area contributed by atoms with E-state index >= 15 is 0 Å². The van der Waals surface area contributed by atoms with E-state index in [2.05, 4.69) is 167 Å². The quantitative estimate of drug-likeness (QED) is 0.190. The zero-order valence-corrected chi connectivity index (χ0v) is 29.4. The molecule has 0 spiro atoms. The highest BCUT2D eigenvalue weighted by atomic mass is 15.0. The molecule has 0 radical (unpaired) electrons. The Hall–Kier alpha value is -5.59. The average molecular weight is 636 g/mol. The second-order valence-electron chi connectivity index (χ2n) is 15.5. The molecular formula is C46H41N3. The Balaban J connectivity index is 1.51. The van der Waals surface area contributed by atoms with Crippen LogP contribution in [0.1, 0.15) is 63.8 Å². The summed E-state index contributed by atoms with van der Waals surface area (Å²) in [5.41, 5.74) is 13.6. The molecule has 3 heteroatoms. The van der Waals surface area contributed by atoms with Crippen molar-refractivity contribution in [2.24, 2.45) is 0 Å². The van der Waals surface area contributed by atoms with E-state index in [1.54, 1.807) is 0 Å². The van der Waals surface area contributed by atoms with Crippen molar-refractivity contribution >= 4 is 43.6 Å². The van der Waals surface area contributed by atoms with E-state index in [0.29, 0.717) is 5.56 Å². The molecule has 0 atom stereocenters. The van der Waals surface area contributed by atoms with Crippen molar-refractivity contribution in [2.75, 3.05) is 0 Å². The maximum absolute atomic E-state index is 9.87. The lowest BCUT2D eigenvalue weighted by Gasteiger charge is -2.22. The first-order valence-electron chi connectivity index (χ1n) is 17.2. The van der Waals surface area contributed by atoms with Crippen LogP contribution in [0.5, 0.6) is 0 Å². The largest absolute Gasteiger partial charge is 0.309 e. The van der Waals surface area contributed by atoms with Gasteiger partial charge in [-0.1, -0.05) is 108 Å². The van der Waals surface area contributed by atoms with E-state index in [9.17, 15) is 5.26 Å². The summed E-state index contributed by atoms with van der Waals surface area (Å²) in [6.07, 6.45) is 0. The predicted molar refractivity (Wildman–Crippen MR) is 207 cm³/mol. The minimum absolute atomic E-state index is 0.0273. The van der Waals surface area contributed by atoms with Gasteiger partial charge in [-0.3, -0.25) is 0 Å². The summed E-state index contributed by atoms with van der Waals surface area (Å²) in [4.78, 5) is 0. The number of benzene rings is 6. The summed E-state index contributed by atoms with van der Waals surface area (Å²) in [7, 11) is 0. The fraction of sp³-hybridized carbons (Fsp3) is 0.196. The van der Waals surface area contributed by atoms with E-state index in [4.69, 9.17) is 0 Å². The summed E-state index contributed by atoms with van der Waals surface area (Å²) in [6, 6.07) is 46.3. The van der Waals surface area contributed by atoms with Crippen LogP contribution in [-0.4, -0.2) is 9.13 Å². The van der Waals surface area contributed by atoms with E-state index in [1.807, 2.05) is 18.2 Å². The molecule has 0 saturated carbocycles. The minimum atomic E-state index is 0.0273. The molecule has 0 unspecified atom stereocenters. The smallest absolute Gasteiger partial charge is 0.0991 e. The van der Waals surface area contributed by atoms with Gasteiger partial charge in [-0.05, 0) is 94.6 Å². The molecule has 0 aliphatic heterocycles. The molecule has 0 bridgehead atoms. The maximum Gasteiger partial charge on any atom is 0.0991 e. The molecule has 0 aliphatic carbocycles. The maximum atomic E-state index is 9.87. The summed E-state index contributed by atoms with van der Waals surface area (Å²) >= 11 is 0. The Kier molecular flexibility index (Phi) is 6.88. The lowest BCUT2D eigenvalue weighted by atomic mass is 9.86. The predicted octanol–water partition coefficient (Wildman–Crippen LogP) is 12.3. The third kappa shape index (κ3) is 4.86. The van der Waals surface area contributed by atoms with Gasteiger partial charge in [-0.25, -0.2) is 0 Å². The number of fused-ring (bicyclic) bond motifs is 6. The number of para-hydroxylation sites is 2. The molecule has 240 valence electrons. The standard InChI is InChI=1S/C46H41N3/c1-29-39(48-40-17-10-8-15-35(40)37-26-32(45(2,3)4)19-22-42(37)48)24-21-34(31-14-12-13-30(25-31)28-47)44(29)49-41-18-11-9-16-36(41)38-27-33(46(5,6)7)20-23-43(38)49/h8-27H,1-7H3. The van der Waals surface area contributed by atoms with E-state index in [1.165, 1.54) is 60.3 Å². The molecule has 8 aromatic rings. The third-order valence-electron chi connectivity index (χ3n) is 10.2. The van der Waals surface area contributed by atoms with Crippen LogP contribution in [0.15, 0.2) is 121 Å². The minimum Gasteiger partial charge on any atom is -0.309 e. The van der Waals surface area contributed by atoms with E-state index in [0.717, 1.165) is 22.5 Å². The summed E-state index contributed by atoms with van der Waals surface area (Å²) in [5, 5.41) is 14.9. The Morgan fingerprint density at radius 3 is 1.61 bits per heavy atom. The van der Waals surface area contributed by atoms with Gasteiger partial charge in [0.05, 0.1) is 45.1 Å². The summed E-state index contributed by atoms with van der Waals surface area (Å²) < 4.78 is 4.90. The van der Waals surface area contributed by atoms with Gasteiger partial charge in [-0.2, -0.15) is 5.26 Å². The molecule has 49 heavy (non-hydrogen) atoms. The fourth-order valence-electron chi connectivity index (χ4n) is 7.59. The Morgan fingerprint density at radius 2 is 1.04 bits per heavy atom. The lowest BCUT2D eigenvalue weighted by Crippen LogP contribution is -2.11. The topological polar surface area (TPSA) is 33.6 Å². The van der Waals surface area contributed by atoms with Gasteiger partial charge in [0, 0.05) is 27.1 Å². The number of nitrogens with zero attached hydrogens (tertiary/aromatic N) is 3. The number of hydrogen-bond donors (Lipinski definition) is 0. The monoisotopic (exact) mass is 635 g/mol. The van der Waals surface area contributed by atoms with E-state index in [-0.39, 0.29) is 10.8 Å². The first-order valence-corrected chi connectivity index (χ1v) is 17.2. The first-order chi connectivity index (χ1) is 23.5. The van der Waals surface area contributed by atoms with E-state index < -0.39 is 0 Å². The van der Waals surface area contributed by atoms with Crippen LogP contribution in [0.4, 0.5) is 0 Å². The zero-order valence-electron chi connectivity index (χ0n) is 29.4. The highest BCUT2D eigenvalue weighted by molar-refractivity contribution is 6.11. The van der Waals surface area contributed by atoms with Crippen LogP contribution in [0.3, 0.4) is 0 Å². The number of hydrogen-bond acceptors (Lipinski definition) is 1. The average Bonchev–Trinajstić information content (AvgIpc) is 3.59. The zero-order chi connectivity index (χ0) is 34.2. The van der Waals surface area contributed by atoms with Crippen molar-refractivity contribution in [3.63, 3.8) is 0 Å². The number of aromatic nitrogens is 2. The van der Waals surface area contributed by atoms with Gasteiger partial charge in [0.15, 0.2) is 0 Å². The highest BCUT2D eigenvalue weighted by Crippen LogP contribution is 2.43. The van der Waals surface area contributed by atoms with Crippen LogP contribution >= 0.6 is 0 Å². The molecule has 2 aromatic heterocycles. The fourth-order valence-corrected chi connectivity index (χ4v) is 7.59. The van der Waals surface area contributed by atoms with Crippen LogP contribution in [0, 0.1) is 18.3 Å². The van der Waals surface area contributed by atoms with Crippen molar-refractivity contribution in [3.05, 3.63) is 144 Å². The molecule has 0 N–H and O–H groups in total. The van der Waals surface area contributed by atoms with Gasteiger partial charge in [0.25, 0.3) is 0 Å². The molecule has 0 saturated heterocycles. The molecule has 0 fully saturated rings. The molecule has 2 heterocycles.